The Kier molecular flexibility index (Phi) is 5.58. The molecule has 0 aliphatic carbocycles. The van der Waals surface area contributed by atoms with E-state index in [2.05, 4.69) is 26.4 Å². The van der Waals surface area contributed by atoms with Gasteiger partial charge >= 0.3 is 0 Å². The van der Waals surface area contributed by atoms with E-state index in [9.17, 15) is 9.50 Å². The number of benzene rings is 2. The lowest BCUT2D eigenvalue weighted by molar-refractivity contribution is 0.135. The van der Waals surface area contributed by atoms with Crippen LogP contribution in [0.2, 0.25) is 0 Å². The molecule has 39 heavy (non-hydrogen) atoms. The Bertz CT molecular complexity index is 1690. The van der Waals surface area contributed by atoms with Crippen LogP contribution in [-0.2, 0) is 0 Å². The van der Waals surface area contributed by atoms with Crippen molar-refractivity contribution < 1.29 is 18.6 Å². The third-order valence-corrected chi connectivity index (χ3v) is 8.15. The van der Waals surface area contributed by atoms with Gasteiger partial charge in [-0.15, -0.1) is 6.42 Å². The zero-order valence-corrected chi connectivity index (χ0v) is 21.4. The van der Waals surface area contributed by atoms with Crippen LogP contribution in [-0.4, -0.2) is 59.4 Å². The maximum atomic E-state index is 16.7. The average molecular weight is 528 g/mol. The van der Waals surface area contributed by atoms with Crippen molar-refractivity contribution in [3.05, 3.63) is 53.2 Å². The van der Waals surface area contributed by atoms with Crippen LogP contribution in [0.3, 0.4) is 0 Å². The van der Waals surface area contributed by atoms with E-state index in [1.807, 2.05) is 0 Å². The topological polar surface area (TPSA) is 82.5 Å². The number of pyridine rings is 2. The minimum Gasteiger partial charge on any atom is -0.508 e. The van der Waals surface area contributed by atoms with E-state index in [1.165, 1.54) is 24.3 Å². The van der Waals surface area contributed by atoms with Crippen LogP contribution >= 0.6 is 0 Å². The Hall–Kier alpha value is -4.00. The second kappa shape index (κ2) is 9.04. The molecule has 3 fully saturated rings. The van der Waals surface area contributed by atoms with Crippen LogP contribution in [0.5, 0.6) is 11.6 Å². The number of aromatic hydroxyl groups is 1. The van der Waals surface area contributed by atoms with E-state index < -0.39 is 11.6 Å². The monoisotopic (exact) mass is 527 g/mol. The number of rotatable bonds is 4. The first-order chi connectivity index (χ1) is 18.9. The molecule has 3 N–H and O–H groups in total. The summed E-state index contributed by atoms with van der Waals surface area (Å²) in [7, 11) is 0. The van der Waals surface area contributed by atoms with E-state index >= 15 is 4.39 Å². The molecule has 2 bridgehead atoms. The summed E-state index contributed by atoms with van der Waals surface area (Å²) in [5, 5.41) is 19.0. The highest BCUT2D eigenvalue weighted by Crippen LogP contribution is 2.41. The standard InChI is InChI=1S/C30H27F2N5O2/c1-3-21-24(31)7-4-16-8-19(38)9-22(26(16)21)28-27(32)25-15(2)30(39-20-10-33-11-20)36-29(23(25)12-34-28)37-13-17-5-6-18(14-37)35-17/h1,4,7-9,12,17-18,20,33,35,38H,5-6,10-11,13-14H2,2H3. The summed E-state index contributed by atoms with van der Waals surface area (Å²) in [4.78, 5) is 11.6. The number of terminal acetylenes is 1. The number of hydrogen-bond donors (Lipinski definition) is 3. The number of nitrogens with one attached hydrogen (secondary N) is 2. The Morgan fingerprint density at radius 2 is 1.90 bits per heavy atom. The molecule has 2 aromatic carbocycles. The molecule has 0 spiro atoms. The summed E-state index contributed by atoms with van der Waals surface area (Å²) in [5.41, 5.74) is 0.754. The fourth-order valence-electron chi connectivity index (χ4n) is 6.14. The first kappa shape index (κ1) is 24.1. The number of nitrogens with zero attached hydrogens (tertiary/aromatic N) is 3. The number of ether oxygens (including phenoxy) is 1. The molecule has 5 heterocycles. The Balaban J connectivity index is 1.48. The van der Waals surface area contributed by atoms with Gasteiger partial charge in [-0.2, -0.15) is 4.98 Å². The van der Waals surface area contributed by atoms with Crippen LogP contribution in [0.4, 0.5) is 14.6 Å². The lowest BCUT2D eigenvalue weighted by Crippen LogP contribution is -2.52. The number of phenolic OH excluding ortho intramolecular Hbond substituents is 1. The first-order valence-corrected chi connectivity index (χ1v) is 13.2. The zero-order valence-electron chi connectivity index (χ0n) is 21.4. The van der Waals surface area contributed by atoms with Crippen molar-refractivity contribution in [1.29, 1.82) is 0 Å². The predicted molar refractivity (Wildman–Crippen MR) is 146 cm³/mol. The van der Waals surface area contributed by atoms with Crippen molar-refractivity contribution in [1.82, 2.24) is 20.6 Å². The van der Waals surface area contributed by atoms with Gasteiger partial charge in [0, 0.05) is 71.7 Å². The lowest BCUT2D eigenvalue weighted by atomic mass is 9.95. The molecular formula is C30H27F2N5O2. The molecule has 2 atom stereocenters. The fraction of sp³-hybridized carbons (Fsp3) is 0.333. The number of piperazine rings is 1. The van der Waals surface area contributed by atoms with Crippen LogP contribution in [0.1, 0.15) is 24.0 Å². The van der Waals surface area contributed by atoms with E-state index in [4.69, 9.17) is 16.1 Å². The van der Waals surface area contributed by atoms with Gasteiger partial charge in [0.05, 0.1) is 5.56 Å². The van der Waals surface area contributed by atoms with Gasteiger partial charge < -0.3 is 25.4 Å². The molecule has 2 unspecified atom stereocenters. The van der Waals surface area contributed by atoms with Crippen molar-refractivity contribution >= 4 is 27.4 Å². The molecule has 3 aliphatic heterocycles. The highest BCUT2D eigenvalue weighted by atomic mass is 19.1. The number of aromatic nitrogens is 2. The summed E-state index contributed by atoms with van der Waals surface area (Å²) in [5.74, 6) is 2.13. The SMILES string of the molecule is C#Cc1c(F)ccc2cc(O)cc(-c3ncc4c(N5CC6CCC(C5)N6)nc(OC5CNC5)c(C)c4c3F)c12. The predicted octanol–water partition coefficient (Wildman–Crippen LogP) is 4.01. The van der Waals surface area contributed by atoms with Gasteiger partial charge in [-0.3, -0.25) is 4.98 Å². The van der Waals surface area contributed by atoms with Crippen molar-refractivity contribution in [2.24, 2.45) is 0 Å². The molecule has 4 aromatic rings. The molecule has 9 heteroatoms. The minimum atomic E-state index is -0.598. The number of halogens is 2. The van der Waals surface area contributed by atoms with Crippen LogP contribution in [0.15, 0.2) is 30.5 Å². The summed E-state index contributed by atoms with van der Waals surface area (Å²) in [6.45, 7) is 4.72. The lowest BCUT2D eigenvalue weighted by Gasteiger charge is -2.35. The van der Waals surface area contributed by atoms with Gasteiger partial charge in [-0.25, -0.2) is 8.78 Å². The highest BCUT2D eigenvalue weighted by Gasteiger charge is 2.35. The third kappa shape index (κ3) is 3.86. The van der Waals surface area contributed by atoms with Gasteiger partial charge in [0.15, 0.2) is 5.82 Å². The number of fused-ring (bicyclic) bond motifs is 4. The molecular weight excluding hydrogens is 500 g/mol. The Morgan fingerprint density at radius 3 is 2.59 bits per heavy atom. The molecule has 0 saturated carbocycles. The largest absolute Gasteiger partial charge is 0.508 e. The summed E-state index contributed by atoms with van der Waals surface area (Å²) < 4.78 is 37.6. The van der Waals surface area contributed by atoms with Crippen molar-refractivity contribution in [3.63, 3.8) is 0 Å². The maximum Gasteiger partial charge on any atom is 0.219 e. The number of phenols is 1. The second-order valence-electron chi connectivity index (χ2n) is 10.7. The minimum absolute atomic E-state index is 0.00580. The van der Waals surface area contributed by atoms with Crippen molar-refractivity contribution in [3.8, 4) is 35.2 Å². The third-order valence-electron chi connectivity index (χ3n) is 8.15. The molecule has 7 nitrogen and oxygen atoms in total. The number of anilines is 1. The molecule has 7 rings (SSSR count). The van der Waals surface area contributed by atoms with Gasteiger partial charge in [-0.05, 0) is 43.4 Å². The van der Waals surface area contributed by atoms with E-state index in [0.717, 1.165) is 25.9 Å². The summed E-state index contributed by atoms with van der Waals surface area (Å²) in [6, 6.07) is 6.32. The molecule has 3 aliphatic rings. The zero-order chi connectivity index (χ0) is 26.8. The molecule has 2 aromatic heterocycles. The Labute approximate surface area is 224 Å². The molecule has 0 radical (unpaired) electrons. The normalized spacial score (nSPS) is 20.8. The van der Waals surface area contributed by atoms with Gasteiger partial charge in [-0.1, -0.05) is 12.0 Å². The van der Waals surface area contributed by atoms with E-state index in [0.29, 0.717) is 64.0 Å². The number of aryl methyl sites for hydroxylation is 1. The van der Waals surface area contributed by atoms with E-state index in [1.54, 1.807) is 13.1 Å². The van der Waals surface area contributed by atoms with Crippen LogP contribution < -0.4 is 20.3 Å². The smallest absolute Gasteiger partial charge is 0.219 e. The molecule has 198 valence electrons. The summed E-state index contributed by atoms with van der Waals surface area (Å²) in [6.07, 6.45) is 9.43. The summed E-state index contributed by atoms with van der Waals surface area (Å²) >= 11 is 0. The molecule has 0 amide bonds. The average Bonchev–Trinajstić information content (AvgIpc) is 3.24. The van der Waals surface area contributed by atoms with Crippen LogP contribution in [0.25, 0.3) is 32.8 Å². The van der Waals surface area contributed by atoms with E-state index in [-0.39, 0.29) is 28.7 Å². The van der Waals surface area contributed by atoms with Gasteiger partial charge in [0.2, 0.25) is 5.88 Å². The quantitative estimate of drug-likeness (QED) is 0.346. The van der Waals surface area contributed by atoms with Crippen molar-refractivity contribution in [2.45, 2.75) is 38.0 Å². The Morgan fingerprint density at radius 1 is 1.13 bits per heavy atom. The van der Waals surface area contributed by atoms with Crippen LogP contribution in [0, 0.1) is 30.9 Å². The maximum absolute atomic E-state index is 16.7. The molecule has 3 saturated heterocycles. The highest BCUT2D eigenvalue weighted by molar-refractivity contribution is 6.04. The van der Waals surface area contributed by atoms with Gasteiger partial charge in [0.1, 0.15) is 29.2 Å². The second-order valence-corrected chi connectivity index (χ2v) is 10.7. The number of hydrogen-bond acceptors (Lipinski definition) is 7. The first-order valence-electron chi connectivity index (χ1n) is 13.2. The van der Waals surface area contributed by atoms with Gasteiger partial charge in [0.25, 0.3) is 0 Å². The fourth-order valence-corrected chi connectivity index (χ4v) is 6.14. The van der Waals surface area contributed by atoms with Crippen molar-refractivity contribution in [2.75, 3.05) is 31.1 Å².